The molecule has 1 aromatic carbocycles. The van der Waals surface area contributed by atoms with Crippen molar-refractivity contribution in [1.29, 1.82) is 0 Å². The van der Waals surface area contributed by atoms with E-state index in [1.54, 1.807) is 0 Å². The molecule has 1 aliphatic rings. The van der Waals surface area contributed by atoms with Crippen LogP contribution in [0.5, 0.6) is 0 Å². The van der Waals surface area contributed by atoms with Gasteiger partial charge in [0.25, 0.3) is 0 Å². The summed E-state index contributed by atoms with van der Waals surface area (Å²) in [6.45, 7) is 9.29. The van der Waals surface area contributed by atoms with Gasteiger partial charge in [0.15, 0.2) is 0 Å². The van der Waals surface area contributed by atoms with E-state index in [0.29, 0.717) is 4.75 Å². The average Bonchev–Trinajstić information content (AvgIpc) is 2.53. The minimum Gasteiger partial charge on any atom is -0.383 e. The first-order chi connectivity index (χ1) is 9.07. The SMILES string of the molecule is CC1(C)CCN(CCNc2ccccc2Br)CCS1. The van der Waals surface area contributed by atoms with Gasteiger partial charge in [-0.1, -0.05) is 26.0 Å². The zero-order valence-electron chi connectivity index (χ0n) is 11.8. The highest BCUT2D eigenvalue weighted by molar-refractivity contribution is 9.10. The van der Waals surface area contributed by atoms with Crippen molar-refractivity contribution in [2.24, 2.45) is 0 Å². The first-order valence-electron chi connectivity index (χ1n) is 6.91. The summed E-state index contributed by atoms with van der Waals surface area (Å²) in [5.41, 5.74) is 1.19. The second-order valence-corrected chi connectivity index (χ2v) is 8.26. The molecule has 0 aromatic heterocycles. The number of anilines is 1. The Morgan fingerprint density at radius 3 is 2.89 bits per heavy atom. The molecule has 0 amide bonds. The maximum absolute atomic E-state index is 3.57. The van der Waals surface area contributed by atoms with Gasteiger partial charge in [-0.05, 0) is 41.0 Å². The van der Waals surface area contributed by atoms with Crippen molar-refractivity contribution < 1.29 is 0 Å². The average molecular weight is 343 g/mol. The highest BCUT2D eigenvalue weighted by Crippen LogP contribution is 2.30. The van der Waals surface area contributed by atoms with Crippen LogP contribution in [-0.4, -0.2) is 41.6 Å². The number of nitrogens with one attached hydrogen (secondary N) is 1. The molecule has 106 valence electrons. The number of hydrogen-bond acceptors (Lipinski definition) is 3. The molecule has 2 nitrogen and oxygen atoms in total. The van der Waals surface area contributed by atoms with Gasteiger partial charge in [0, 0.05) is 40.3 Å². The zero-order valence-corrected chi connectivity index (χ0v) is 14.2. The van der Waals surface area contributed by atoms with Crippen LogP contribution >= 0.6 is 27.7 Å². The van der Waals surface area contributed by atoms with Crippen molar-refractivity contribution in [1.82, 2.24) is 4.90 Å². The maximum Gasteiger partial charge on any atom is 0.0485 e. The second-order valence-electron chi connectivity index (χ2n) is 5.61. The van der Waals surface area contributed by atoms with E-state index in [9.17, 15) is 0 Å². The molecule has 0 saturated carbocycles. The van der Waals surface area contributed by atoms with Crippen LogP contribution in [0, 0.1) is 0 Å². The monoisotopic (exact) mass is 342 g/mol. The van der Waals surface area contributed by atoms with Gasteiger partial charge in [-0.3, -0.25) is 0 Å². The zero-order chi connectivity index (χ0) is 13.7. The van der Waals surface area contributed by atoms with Gasteiger partial charge >= 0.3 is 0 Å². The normalized spacial score (nSPS) is 19.9. The number of para-hydroxylation sites is 1. The standard InChI is InChI=1S/C15H23BrN2S/c1-15(2)7-9-18(11-12-19-15)10-8-17-14-6-4-3-5-13(14)16/h3-6,17H,7-12H2,1-2H3. The molecule has 0 aliphatic carbocycles. The molecule has 19 heavy (non-hydrogen) atoms. The Bertz CT molecular complexity index is 409. The maximum atomic E-state index is 3.57. The fourth-order valence-corrected chi connectivity index (χ4v) is 3.80. The third kappa shape index (κ3) is 5.01. The van der Waals surface area contributed by atoms with Crippen molar-refractivity contribution in [2.45, 2.75) is 25.0 Å². The molecule has 0 unspecified atom stereocenters. The molecular formula is C15H23BrN2S. The Kier molecular flexibility index (Phi) is 5.60. The predicted molar refractivity (Wildman–Crippen MR) is 90.2 cm³/mol. The van der Waals surface area contributed by atoms with E-state index in [0.717, 1.165) is 17.6 Å². The molecule has 0 bridgehead atoms. The van der Waals surface area contributed by atoms with Gasteiger partial charge in [0.1, 0.15) is 0 Å². The summed E-state index contributed by atoms with van der Waals surface area (Å²) >= 11 is 5.68. The molecule has 1 fully saturated rings. The number of benzene rings is 1. The van der Waals surface area contributed by atoms with E-state index in [4.69, 9.17) is 0 Å². The summed E-state index contributed by atoms with van der Waals surface area (Å²) in [6.07, 6.45) is 1.28. The van der Waals surface area contributed by atoms with E-state index >= 15 is 0 Å². The largest absolute Gasteiger partial charge is 0.383 e. The van der Waals surface area contributed by atoms with Gasteiger partial charge in [-0.2, -0.15) is 11.8 Å². The Morgan fingerprint density at radius 2 is 2.11 bits per heavy atom. The third-order valence-corrected chi connectivity index (χ3v) is 5.61. The van der Waals surface area contributed by atoms with Gasteiger partial charge < -0.3 is 10.2 Å². The van der Waals surface area contributed by atoms with Crippen molar-refractivity contribution in [3.63, 3.8) is 0 Å². The molecule has 1 heterocycles. The summed E-state index contributed by atoms with van der Waals surface area (Å²) in [4.78, 5) is 2.57. The number of nitrogens with zero attached hydrogens (tertiary/aromatic N) is 1. The Balaban J connectivity index is 1.75. The quantitative estimate of drug-likeness (QED) is 0.887. The summed E-state index contributed by atoms with van der Waals surface area (Å²) in [5.74, 6) is 1.25. The third-order valence-electron chi connectivity index (χ3n) is 3.55. The molecule has 1 saturated heterocycles. The van der Waals surface area contributed by atoms with Crippen molar-refractivity contribution in [3.05, 3.63) is 28.7 Å². The van der Waals surface area contributed by atoms with Crippen LogP contribution in [0.25, 0.3) is 0 Å². The van der Waals surface area contributed by atoms with Gasteiger partial charge in [0.2, 0.25) is 0 Å². The molecule has 0 radical (unpaired) electrons. The Morgan fingerprint density at radius 1 is 1.32 bits per heavy atom. The minimum absolute atomic E-state index is 0.449. The number of thioether (sulfide) groups is 1. The van der Waals surface area contributed by atoms with Gasteiger partial charge in [-0.15, -0.1) is 0 Å². The number of halogens is 1. The second kappa shape index (κ2) is 7.00. The van der Waals surface area contributed by atoms with E-state index in [1.807, 2.05) is 6.07 Å². The lowest BCUT2D eigenvalue weighted by atomic mass is 10.1. The highest BCUT2D eigenvalue weighted by Gasteiger charge is 2.23. The van der Waals surface area contributed by atoms with Crippen LogP contribution in [0.4, 0.5) is 5.69 Å². The number of rotatable bonds is 4. The van der Waals surface area contributed by atoms with Crippen LogP contribution in [0.2, 0.25) is 0 Å². The van der Waals surface area contributed by atoms with Gasteiger partial charge in [0.05, 0.1) is 0 Å². The van der Waals surface area contributed by atoms with Crippen molar-refractivity contribution >= 4 is 33.4 Å². The van der Waals surface area contributed by atoms with Crippen LogP contribution in [-0.2, 0) is 0 Å². The molecule has 1 aliphatic heterocycles. The van der Waals surface area contributed by atoms with Crippen molar-refractivity contribution in [3.8, 4) is 0 Å². The fourth-order valence-electron chi connectivity index (χ4n) is 2.24. The lowest BCUT2D eigenvalue weighted by Gasteiger charge is -2.22. The summed E-state index contributed by atoms with van der Waals surface area (Å²) in [6, 6.07) is 8.31. The lowest BCUT2D eigenvalue weighted by Crippen LogP contribution is -2.31. The summed E-state index contributed by atoms with van der Waals surface area (Å²) in [5, 5.41) is 3.51. The smallest absolute Gasteiger partial charge is 0.0485 e. The minimum atomic E-state index is 0.449. The summed E-state index contributed by atoms with van der Waals surface area (Å²) in [7, 11) is 0. The van der Waals surface area contributed by atoms with Gasteiger partial charge in [-0.25, -0.2) is 0 Å². The lowest BCUT2D eigenvalue weighted by molar-refractivity contribution is 0.295. The summed E-state index contributed by atoms with van der Waals surface area (Å²) < 4.78 is 1.59. The Labute approximate surface area is 129 Å². The van der Waals surface area contributed by atoms with Crippen LogP contribution in [0.3, 0.4) is 0 Å². The first-order valence-corrected chi connectivity index (χ1v) is 8.69. The van der Waals surface area contributed by atoms with E-state index < -0.39 is 0 Å². The van der Waals surface area contributed by atoms with E-state index in [-0.39, 0.29) is 0 Å². The molecule has 4 heteroatoms. The highest BCUT2D eigenvalue weighted by atomic mass is 79.9. The molecule has 2 rings (SSSR count). The topological polar surface area (TPSA) is 15.3 Å². The van der Waals surface area contributed by atoms with Crippen molar-refractivity contribution in [2.75, 3.05) is 37.2 Å². The predicted octanol–water partition coefficient (Wildman–Crippen LogP) is 4.08. The molecule has 0 atom stereocenters. The first kappa shape index (κ1) is 15.2. The number of hydrogen-bond donors (Lipinski definition) is 1. The molecule has 1 N–H and O–H groups in total. The van der Waals surface area contributed by atoms with Crippen LogP contribution in [0.1, 0.15) is 20.3 Å². The van der Waals surface area contributed by atoms with E-state index in [2.05, 4.69) is 70.0 Å². The molecule has 1 aromatic rings. The van der Waals surface area contributed by atoms with Crippen LogP contribution < -0.4 is 5.32 Å². The Hall–Kier alpha value is -0.190. The fraction of sp³-hybridized carbons (Fsp3) is 0.600. The van der Waals surface area contributed by atoms with E-state index in [1.165, 1.54) is 31.0 Å². The molecular weight excluding hydrogens is 320 g/mol. The van der Waals surface area contributed by atoms with Crippen LogP contribution in [0.15, 0.2) is 28.7 Å². The molecule has 0 spiro atoms.